The predicted octanol–water partition coefficient (Wildman–Crippen LogP) is 2.16. The second-order valence-corrected chi connectivity index (χ2v) is 5.38. The average molecular weight is 344 g/mol. The first-order valence-corrected chi connectivity index (χ1v) is 8.19. The van der Waals surface area contributed by atoms with Crippen molar-refractivity contribution in [3.8, 4) is 0 Å². The summed E-state index contributed by atoms with van der Waals surface area (Å²) in [6.45, 7) is 1.45. The maximum absolute atomic E-state index is 10.3. The molecule has 1 atom stereocenters. The van der Waals surface area contributed by atoms with E-state index in [0.29, 0.717) is 6.42 Å². The SMILES string of the molecule is CCCCCCCCCCCCC(O)C(=O)O.O=C(O)CO.[NaH]. The van der Waals surface area contributed by atoms with E-state index in [1.165, 1.54) is 51.4 Å². The van der Waals surface area contributed by atoms with Crippen LogP contribution in [0.1, 0.15) is 77.6 Å². The fourth-order valence-electron chi connectivity index (χ4n) is 1.95. The van der Waals surface area contributed by atoms with Crippen molar-refractivity contribution in [3.63, 3.8) is 0 Å². The molecule has 0 aliphatic heterocycles. The zero-order valence-electron chi connectivity index (χ0n) is 13.7. The van der Waals surface area contributed by atoms with Crippen molar-refractivity contribution >= 4 is 41.5 Å². The predicted molar refractivity (Wildman–Crippen MR) is 92.0 cm³/mol. The minimum atomic E-state index is -1.19. The molecule has 0 aliphatic rings. The molecule has 0 aromatic rings. The molecule has 0 aromatic heterocycles. The number of aliphatic hydroxyl groups is 2. The summed E-state index contributed by atoms with van der Waals surface area (Å²) in [5, 5.41) is 32.5. The van der Waals surface area contributed by atoms with Crippen LogP contribution in [-0.4, -0.2) is 74.6 Å². The summed E-state index contributed by atoms with van der Waals surface area (Å²) < 4.78 is 0. The fourth-order valence-corrected chi connectivity index (χ4v) is 1.95. The Labute approximate surface area is 161 Å². The van der Waals surface area contributed by atoms with Crippen molar-refractivity contribution < 1.29 is 30.0 Å². The van der Waals surface area contributed by atoms with Crippen molar-refractivity contribution in [1.29, 1.82) is 0 Å². The van der Waals surface area contributed by atoms with E-state index in [0.717, 1.165) is 12.8 Å². The Morgan fingerprint density at radius 3 is 1.48 bits per heavy atom. The summed E-state index contributed by atoms with van der Waals surface area (Å²) in [7, 11) is 0. The second-order valence-electron chi connectivity index (χ2n) is 5.38. The van der Waals surface area contributed by atoms with Gasteiger partial charge in [0.15, 0.2) is 6.10 Å². The molecule has 0 aromatic carbocycles. The van der Waals surface area contributed by atoms with Gasteiger partial charge in [0.25, 0.3) is 0 Å². The van der Waals surface area contributed by atoms with Gasteiger partial charge in [-0.3, -0.25) is 0 Å². The topological polar surface area (TPSA) is 115 Å². The minimum absolute atomic E-state index is 0. The van der Waals surface area contributed by atoms with E-state index in [-0.39, 0.29) is 29.6 Å². The third-order valence-electron chi connectivity index (χ3n) is 3.25. The van der Waals surface area contributed by atoms with Gasteiger partial charge in [-0.15, -0.1) is 0 Å². The van der Waals surface area contributed by atoms with Gasteiger partial charge in [-0.1, -0.05) is 71.1 Å². The van der Waals surface area contributed by atoms with Crippen LogP contribution in [-0.2, 0) is 9.59 Å². The van der Waals surface area contributed by atoms with Crippen LogP contribution in [0.15, 0.2) is 0 Å². The van der Waals surface area contributed by atoms with E-state index in [4.69, 9.17) is 25.2 Å². The molecule has 23 heavy (non-hydrogen) atoms. The second kappa shape index (κ2) is 21.9. The number of unbranched alkanes of at least 4 members (excludes halogenated alkanes) is 9. The molecule has 0 amide bonds. The molecule has 7 heteroatoms. The van der Waals surface area contributed by atoms with Gasteiger partial charge < -0.3 is 20.4 Å². The number of rotatable bonds is 13. The zero-order valence-corrected chi connectivity index (χ0v) is 13.7. The molecule has 0 saturated carbocycles. The quantitative estimate of drug-likeness (QED) is 0.301. The van der Waals surface area contributed by atoms with Crippen LogP contribution in [0.4, 0.5) is 0 Å². The van der Waals surface area contributed by atoms with Crippen molar-refractivity contribution in [1.82, 2.24) is 0 Å². The van der Waals surface area contributed by atoms with Crippen LogP contribution in [0.2, 0.25) is 0 Å². The molecule has 0 aliphatic carbocycles. The molecule has 0 bridgehead atoms. The van der Waals surface area contributed by atoms with Crippen molar-refractivity contribution in [3.05, 3.63) is 0 Å². The van der Waals surface area contributed by atoms with Gasteiger partial charge >= 0.3 is 41.5 Å². The van der Waals surface area contributed by atoms with Crippen LogP contribution in [0, 0.1) is 0 Å². The molecule has 0 radical (unpaired) electrons. The molecule has 0 rings (SSSR count). The Hall–Kier alpha value is -0.140. The Bertz CT molecular complexity index is 273. The third kappa shape index (κ3) is 27.0. The van der Waals surface area contributed by atoms with Gasteiger partial charge in [-0.2, -0.15) is 0 Å². The van der Waals surface area contributed by atoms with E-state index in [2.05, 4.69) is 6.92 Å². The first kappa shape index (κ1) is 27.7. The van der Waals surface area contributed by atoms with Crippen molar-refractivity contribution in [2.45, 2.75) is 83.7 Å². The standard InChI is InChI=1S/C14H28O3.C2H4O3.Na.H/c1-2-3-4-5-6-7-8-9-10-11-12-13(15)14(16)17;3-1-2(4)5;;/h13,15H,2-12H2,1H3,(H,16,17);3H,1H2,(H,4,5);;. The molecule has 0 saturated heterocycles. The number of carboxylic acids is 2. The average Bonchev–Trinajstić information content (AvgIpc) is 2.49. The molecular weight excluding hydrogens is 311 g/mol. The molecule has 6 nitrogen and oxygen atoms in total. The summed E-state index contributed by atoms with van der Waals surface area (Å²) in [6.07, 6.45) is 11.5. The number of aliphatic hydroxyl groups excluding tert-OH is 2. The monoisotopic (exact) mass is 344 g/mol. The van der Waals surface area contributed by atoms with Crippen molar-refractivity contribution in [2.24, 2.45) is 0 Å². The summed E-state index contributed by atoms with van der Waals surface area (Å²) in [5.41, 5.74) is 0. The summed E-state index contributed by atoms with van der Waals surface area (Å²) in [4.78, 5) is 19.5. The molecule has 0 spiro atoms. The van der Waals surface area contributed by atoms with E-state index in [1.54, 1.807) is 0 Å². The summed E-state index contributed by atoms with van der Waals surface area (Å²) in [6, 6.07) is 0. The van der Waals surface area contributed by atoms with Crippen molar-refractivity contribution in [2.75, 3.05) is 6.61 Å². The molecule has 1 unspecified atom stereocenters. The number of carboxylic acid groups (broad SMARTS) is 2. The van der Waals surface area contributed by atoms with Gasteiger partial charge in [0, 0.05) is 0 Å². The van der Waals surface area contributed by atoms with Gasteiger partial charge in [0.1, 0.15) is 6.61 Å². The van der Waals surface area contributed by atoms with Gasteiger partial charge in [0.05, 0.1) is 0 Å². The Kier molecular flexibility index (Phi) is 26.3. The summed E-state index contributed by atoms with van der Waals surface area (Å²) >= 11 is 0. The molecule has 0 fully saturated rings. The number of carbonyl (C=O) groups is 2. The van der Waals surface area contributed by atoms with Crippen LogP contribution < -0.4 is 0 Å². The Morgan fingerprint density at radius 2 is 1.17 bits per heavy atom. The number of hydrogen-bond acceptors (Lipinski definition) is 4. The normalized spacial score (nSPS) is 10.9. The van der Waals surface area contributed by atoms with Gasteiger partial charge in [-0.25, -0.2) is 9.59 Å². The third-order valence-corrected chi connectivity index (χ3v) is 3.25. The zero-order chi connectivity index (χ0) is 17.2. The van der Waals surface area contributed by atoms with E-state index in [1.807, 2.05) is 0 Å². The molecular formula is C16H33NaO6. The number of hydrogen-bond donors (Lipinski definition) is 4. The van der Waals surface area contributed by atoms with E-state index < -0.39 is 24.6 Å². The Balaban J connectivity index is -0.000000578. The van der Waals surface area contributed by atoms with Crippen LogP contribution in [0.25, 0.3) is 0 Å². The summed E-state index contributed by atoms with van der Waals surface area (Å²) in [5.74, 6) is -2.29. The van der Waals surface area contributed by atoms with Crippen LogP contribution >= 0.6 is 0 Å². The van der Waals surface area contributed by atoms with Gasteiger partial charge in [0.2, 0.25) is 0 Å². The molecule has 4 N–H and O–H groups in total. The molecule has 0 heterocycles. The van der Waals surface area contributed by atoms with E-state index in [9.17, 15) is 4.79 Å². The van der Waals surface area contributed by atoms with Crippen LogP contribution in [0.3, 0.4) is 0 Å². The molecule has 134 valence electrons. The van der Waals surface area contributed by atoms with Gasteiger partial charge in [-0.05, 0) is 6.42 Å². The number of aliphatic carboxylic acids is 2. The van der Waals surface area contributed by atoms with E-state index >= 15 is 0 Å². The maximum atomic E-state index is 10.3. The first-order chi connectivity index (χ1) is 10.5. The van der Waals surface area contributed by atoms with Crippen LogP contribution in [0.5, 0.6) is 0 Å². The fraction of sp³-hybridized carbons (Fsp3) is 0.875. The first-order valence-electron chi connectivity index (χ1n) is 8.19. The Morgan fingerprint density at radius 1 is 0.826 bits per heavy atom.